The molecule has 1 atom stereocenters. The van der Waals surface area contributed by atoms with Gasteiger partial charge >= 0.3 is 5.97 Å². The van der Waals surface area contributed by atoms with E-state index in [0.29, 0.717) is 23.4 Å². The van der Waals surface area contributed by atoms with Gasteiger partial charge in [0.15, 0.2) is 11.9 Å². The van der Waals surface area contributed by atoms with Crippen molar-refractivity contribution in [1.29, 1.82) is 0 Å². The number of carbonyl (C=O) groups excluding carboxylic acids is 1. The molecule has 9 heteroatoms. The highest BCUT2D eigenvalue weighted by atomic mass is 19.1. The second kappa shape index (κ2) is 8.90. The molecule has 1 aliphatic carbocycles. The van der Waals surface area contributed by atoms with Gasteiger partial charge in [-0.3, -0.25) is 0 Å². The largest absolute Gasteiger partial charge is 0.455 e. The molecule has 2 aromatic heterocycles. The van der Waals surface area contributed by atoms with E-state index in [1.807, 2.05) is 6.08 Å². The average molecular weight is 449 g/mol. The Balaban J connectivity index is 1.42. The van der Waals surface area contributed by atoms with Crippen molar-refractivity contribution in [3.63, 3.8) is 0 Å². The molecule has 0 amide bonds. The number of benzene rings is 1. The molecule has 0 spiro atoms. The van der Waals surface area contributed by atoms with Crippen LogP contribution in [0, 0.1) is 17.7 Å². The van der Waals surface area contributed by atoms with Gasteiger partial charge in [0.05, 0.1) is 18.4 Å². The zero-order valence-corrected chi connectivity index (χ0v) is 18.3. The molecule has 2 heterocycles. The summed E-state index contributed by atoms with van der Waals surface area (Å²) in [7, 11) is 0. The number of nitrogens with zero attached hydrogens (tertiary/aromatic N) is 5. The van der Waals surface area contributed by atoms with Crippen LogP contribution in [0.2, 0.25) is 0 Å². The molecular formula is C24H21F2N5O2. The van der Waals surface area contributed by atoms with Crippen LogP contribution in [0.15, 0.2) is 36.5 Å². The average Bonchev–Trinajstić information content (AvgIpc) is 3.38. The fourth-order valence-corrected chi connectivity index (χ4v) is 3.24. The van der Waals surface area contributed by atoms with Crippen LogP contribution >= 0.6 is 0 Å². The van der Waals surface area contributed by atoms with Crippen LogP contribution in [0.5, 0.6) is 0 Å². The molecule has 0 fully saturated rings. The Kier molecular flexibility index (Phi) is 6.01. The highest BCUT2D eigenvalue weighted by molar-refractivity contribution is 5.88. The monoisotopic (exact) mass is 449 g/mol. The third-order valence-corrected chi connectivity index (χ3v) is 4.66. The van der Waals surface area contributed by atoms with E-state index in [0.717, 1.165) is 11.1 Å². The summed E-state index contributed by atoms with van der Waals surface area (Å²) in [6.45, 7) is 5.00. The van der Waals surface area contributed by atoms with Gasteiger partial charge in [-0.25, -0.2) is 18.3 Å². The molecule has 1 aliphatic rings. The van der Waals surface area contributed by atoms with Crippen LogP contribution < -0.4 is 0 Å². The molecule has 0 saturated heterocycles. The van der Waals surface area contributed by atoms with Gasteiger partial charge in [0.1, 0.15) is 17.1 Å². The molecule has 33 heavy (non-hydrogen) atoms. The number of carbonyl (C=O) groups is 1. The van der Waals surface area contributed by atoms with E-state index in [1.54, 1.807) is 45.0 Å². The first-order valence-electron chi connectivity index (χ1n) is 10.3. The Morgan fingerprint density at radius 3 is 2.79 bits per heavy atom. The van der Waals surface area contributed by atoms with Crippen molar-refractivity contribution in [2.24, 2.45) is 0 Å². The number of rotatable bonds is 4. The third-order valence-electron chi connectivity index (χ3n) is 4.66. The minimum atomic E-state index is -1.57. The topological polar surface area (TPSA) is 82.8 Å². The van der Waals surface area contributed by atoms with Gasteiger partial charge < -0.3 is 4.74 Å². The summed E-state index contributed by atoms with van der Waals surface area (Å²) in [5.41, 5.74) is 2.44. The van der Waals surface area contributed by atoms with E-state index in [9.17, 15) is 13.6 Å². The first-order chi connectivity index (χ1) is 15.7. The number of esters is 1. The maximum absolute atomic E-state index is 14.4. The summed E-state index contributed by atoms with van der Waals surface area (Å²) >= 11 is 0. The van der Waals surface area contributed by atoms with Crippen molar-refractivity contribution in [3.8, 4) is 11.8 Å². The molecule has 3 aromatic rings. The number of fused-ring (bicyclic) bond motifs is 1. The summed E-state index contributed by atoms with van der Waals surface area (Å²) < 4.78 is 34.8. The molecule has 0 aliphatic heterocycles. The second-order valence-corrected chi connectivity index (χ2v) is 8.52. The minimum Gasteiger partial charge on any atom is -0.455 e. The smallest absolute Gasteiger partial charge is 0.361 e. The van der Waals surface area contributed by atoms with E-state index < -0.39 is 17.7 Å². The Morgan fingerprint density at radius 1 is 1.24 bits per heavy atom. The normalized spacial score (nSPS) is 13.5. The molecule has 1 unspecified atom stereocenters. The summed E-state index contributed by atoms with van der Waals surface area (Å²) in [6.07, 6.45) is 2.05. The first-order valence-corrected chi connectivity index (χ1v) is 10.3. The van der Waals surface area contributed by atoms with Gasteiger partial charge in [-0.1, -0.05) is 29.3 Å². The third kappa shape index (κ3) is 5.47. The van der Waals surface area contributed by atoms with Gasteiger partial charge in [0.2, 0.25) is 0 Å². The van der Waals surface area contributed by atoms with Gasteiger partial charge in [0, 0.05) is 17.5 Å². The minimum absolute atomic E-state index is 0.00739. The summed E-state index contributed by atoms with van der Waals surface area (Å²) in [4.78, 5) is 12.0. The zero-order valence-electron chi connectivity index (χ0n) is 18.3. The molecule has 4 rings (SSSR count). The Bertz CT molecular complexity index is 1300. The lowest BCUT2D eigenvalue weighted by atomic mass is 10.0. The Labute approximate surface area is 189 Å². The van der Waals surface area contributed by atoms with Gasteiger partial charge in [-0.05, 0) is 50.5 Å². The van der Waals surface area contributed by atoms with Crippen LogP contribution in [0.25, 0.3) is 11.6 Å². The van der Waals surface area contributed by atoms with Gasteiger partial charge in [-0.15, -0.1) is 10.2 Å². The van der Waals surface area contributed by atoms with Crippen LogP contribution in [-0.4, -0.2) is 42.9 Å². The van der Waals surface area contributed by atoms with Crippen molar-refractivity contribution >= 4 is 17.6 Å². The van der Waals surface area contributed by atoms with Crippen molar-refractivity contribution in [3.05, 3.63) is 70.6 Å². The zero-order chi connectivity index (χ0) is 23.6. The van der Waals surface area contributed by atoms with E-state index in [2.05, 4.69) is 32.4 Å². The molecule has 1 aromatic carbocycles. The molecule has 0 saturated carbocycles. The molecule has 0 bridgehead atoms. The molecule has 0 radical (unpaired) electrons. The second-order valence-electron chi connectivity index (χ2n) is 8.52. The number of allylic oxidation sites excluding steroid dienone is 1. The highest BCUT2D eigenvalue weighted by Crippen LogP contribution is 2.31. The Morgan fingerprint density at radius 2 is 2.03 bits per heavy atom. The number of aromatic nitrogens is 5. The standard InChI is InChI=1S/C24H21F2N5O2/c1-24(2,3)33-23(32)22-14-31(30-29-22)13-17(25)8-9-18-11-16-10-15(12-21(16)28-27-18)19-6-4-5-7-20(19)26/h4-7,10-11,14,17H,12-13H2,1-3H3. The summed E-state index contributed by atoms with van der Waals surface area (Å²) in [5.74, 6) is 4.20. The predicted octanol–water partition coefficient (Wildman–Crippen LogP) is 3.65. The number of alkyl halides is 1. The van der Waals surface area contributed by atoms with Crippen molar-refractivity contribution < 1.29 is 18.3 Å². The van der Waals surface area contributed by atoms with Gasteiger partial charge in [0.25, 0.3) is 0 Å². The van der Waals surface area contributed by atoms with Crippen LogP contribution in [0.1, 0.15) is 53.8 Å². The first kappa shape index (κ1) is 22.3. The van der Waals surface area contributed by atoms with E-state index in [1.165, 1.54) is 16.9 Å². The van der Waals surface area contributed by atoms with E-state index in [4.69, 9.17) is 4.74 Å². The SMILES string of the molecule is CC(C)(C)OC(=O)c1cn(CC(F)C#Cc2cc3c(nn2)CC(c2ccccc2F)=C3)nn1. The lowest BCUT2D eigenvalue weighted by Crippen LogP contribution is -2.24. The Hall–Kier alpha value is -3.93. The fourth-order valence-electron chi connectivity index (χ4n) is 3.24. The van der Waals surface area contributed by atoms with Crippen molar-refractivity contribution in [2.45, 2.75) is 45.5 Å². The number of hydrogen-bond acceptors (Lipinski definition) is 6. The van der Waals surface area contributed by atoms with Crippen molar-refractivity contribution in [2.75, 3.05) is 0 Å². The van der Waals surface area contributed by atoms with Crippen LogP contribution in [0.3, 0.4) is 0 Å². The quantitative estimate of drug-likeness (QED) is 0.447. The molecule has 0 N–H and O–H groups in total. The highest BCUT2D eigenvalue weighted by Gasteiger charge is 2.21. The maximum atomic E-state index is 14.4. The lowest BCUT2D eigenvalue weighted by molar-refractivity contribution is 0.00626. The maximum Gasteiger partial charge on any atom is 0.361 e. The van der Waals surface area contributed by atoms with Crippen molar-refractivity contribution in [1.82, 2.24) is 25.2 Å². The molecule has 168 valence electrons. The van der Waals surface area contributed by atoms with E-state index >= 15 is 0 Å². The van der Waals surface area contributed by atoms with E-state index in [-0.39, 0.29) is 18.1 Å². The van der Waals surface area contributed by atoms with Gasteiger partial charge in [-0.2, -0.15) is 5.10 Å². The summed E-state index contributed by atoms with van der Waals surface area (Å²) in [5, 5.41) is 15.6. The molecular weight excluding hydrogens is 428 g/mol. The van der Waals surface area contributed by atoms with Crippen LogP contribution in [0.4, 0.5) is 8.78 Å². The lowest BCUT2D eigenvalue weighted by Gasteiger charge is -2.18. The number of halogens is 2. The van der Waals surface area contributed by atoms with Crippen LogP contribution in [-0.2, 0) is 17.7 Å². The predicted molar refractivity (Wildman–Crippen MR) is 117 cm³/mol. The number of hydrogen-bond donors (Lipinski definition) is 0. The fraction of sp³-hybridized carbons (Fsp3) is 0.292. The summed E-state index contributed by atoms with van der Waals surface area (Å²) in [6, 6.07) is 8.24. The molecule has 7 nitrogen and oxygen atoms in total. The number of ether oxygens (including phenoxy) is 1.